The summed E-state index contributed by atoms with van der Waals surface area (Å²) in [4.78, 5) is 0.200. The van der Waals surface area contributed by atoms with Gasteiger partial charge < -0.3 is 9.47 Å². The zero-order valence-electron chi connectivity index (χ0n) is 36.1. The van der Waals surface area contributed by atoms with Crippen molar-refractivity contribution in [2.75, 3.05) is 26.0 Å². The van der Waals surface area contributed by atoms with Gasteiger partial charge in [-0.25, -0.2) is 33.7 Å². The van der Waals surface area contributed by atoms with Gasteiger partial charge in [0.25, 0.3) is 40.1 Å². The van der Waals surface area contributed by atoms with Crippen LogP contribution in [0.5, 0.6) is 17.2 Å². The summed E-state index contributed by atoms with van der Waals surface area (Å²) in [6, 6.07) is 40.7. The van der Waals surface area contributed by atoms with Gasteiger partial charge >= 0.3 is 0 Å². The second kappa shape index (κ2) is 20.3. The van der Waals surface area contributed by atoms with E-state index in [-0.39, 0.29) is 48.1 Å². The van der Waals surface area contributed by atoms with Crippen molar-refractivity contribution >= 4 is 74.4 Å². The van der Waals surface area contributed by atoms with Crippen molar-refractivity contribution in [3.05, 3.63) is 185 Å². The predicted octanol–water partition coefficient (Wildman–Crippen LogP) is 10.3. The molecular formula is C47H45ClN4O10S4. The standard InChI is InChI=1S/C26H23ClN2O5S2.C21H22N2O5S2/c1-18-3-12-23(13-4-18)35(30,31)28-25-16-11-22(34-21-9-7-20(27)8-10-21)17-26(25)29-36(32,33)24-14-5-19(2)6-15-24;1-15-4-9-18(10-5-15)29(24,25)22-20-13-8-17(28-3)14-21(20)23-30(26,27)19-11-6-16(2)7-12-19/h3-17,28-29H,1-2H3;4-14,22-23H,1-3H3. The SMILES string of the molecule is COc1ccc(NS(=O)(=O)c2ccc(C)cc2)c(NS(=O)(=O)c2ccc(C)cc2)c1.Cc1ccc(S(=O)(=O)Nc2ccc(Oc3ccc(Cl)cc3)cc2NS(=O)(=O)c2ccc(C)cc2)cc1. The first kappa shape index (κ1) is 48.9. The van der Waals surface area contributed by atoms with Gasteiger partial charge in [-0.2, -0.15) is 0 Å². The number of ether oxygens (including phenoxy) is 2. The number of hydrogen-bond donors (Lipinski definition) is 4. The van der Waals surface area contributed by atoms with Gasteiger partial charge in [-0.1, -0.05) is 82.4 Å². The molecule has 0 bridgehead atoms. The van der Waals surface area contributed by atoms with Crippen LogP contribution in [-0.4, -0.2) is 40.8 Å². The number of sulfonamides is 4. The Morgan fingerprint density at radius 2 is 0.621 bits per heavy atom. The molecule has 66 heavy (non-hydrogen) atoms. The highest BCUT2D eigenvalue weighted by Gasteiger charge is 2.23. The van der Waals surface area contributed by atoms with Crippen LogP contribution in [0.2, 0.25) is 5.02 Å². The molecule has 0 aliphatic rings. The molecule has 19 heteroatoms. The Kier molecular flexibility index (Phi) is 15.0. The minimum absolute atomic E-state index is 0.00211. The number of aryl methyl sites for hydroxylation is 4. The molecule has 0 spiro atoms. The van der Waals surface area contributed by atoms with Crippen molar-refractivity contribution in [3.8, 4) is 17.2 Å². The molecule has 7 aromatic carbocycles. The second-order valence-corrected chi connectivity index (χ2v) is 22.0. The van der Waals surface area contributed by atoms with Gasteiger partial charge in [-0.05, 0) is 125 Å². The summed E-state index contributed by atoms with van der Waals surface area (Å²) in [5.41, 5.74) is 3.81. The van der Waals surface area contributed by atoms with Gasteiger partial charge in [0, 0.05) is 17.2 Å². The molecule has 0 amide bonds. The normalized spacial score (nSPS) is 11.7. The number of halogens is 1. The average Bonchev–Trinajstić information content (AvgIpc) is 3.26. The lowest BCUT2D eigenvalue weighted by Gasteiger charge is -2.16. The number of anilines is 4. The second-order valence-electron chi connectivity index (χ2n) is 14.8. The molecule has 0 saturated heterocycles. The molecule has 0 fully saturated rings. The molecular weight excluding hydrogens is 944 g/mol. The van der Waals surface area contributed by atoms with E-state index >= 15 is 0 Å². The first-order valence-corrected chi connectivity index (χ1v) is 26.1. The first-order valence-electron chi connectivity index (χ1n) is 19.8. The Labute approximate surface area is 390 Å². The van der Waals surface area contributed by atoms with Crippen LogP contribution in [0.1, 0.15) is 22.3 Å². The molecule has 344 valence electrons. The maximum Gasteiger partial charge on any atom is 0.261 e. The predicted molar refractivity (Wildman–Crippen MR) is 259 cm³/mol. The Hall–Kier alpha value is -6.57. The highest BCUT2D eigenvalue weighted by Crippen LogP contribution is 2.34. The summed E-state index contributed by atoms with van der Waals surface area (Å²) in [5.74, 6) is 1.13. The third kappa shape index (κ3) is 12.8. The van der Waals surface area contributed by atoms with Crippen LogP contribution in [0.4, 0.5) is 22.7 Å². The third-order valence-corrected chi connectivity index (χ3v) is 15.3. The molecule has 14 nitrogen and oxygen atoms in total. The van der Waals surface area contributed by atoms with Crippen LogP contribution in [0.15, 0.2) is 177 Å². The number of nitrogens with one attached hydrogen (secondary N) is 4. The fourth-order valence-electron chi connectivity index (χ4n) is 5.91. The van der Waals surface area contributed by atoms with Gasteiger partial charge in [0.05, 0.1) is 49.4 Å². The topological polar surface area (TPSA) is 203 Å². The van der Waals surface area contributed by atoms with E-state index in [9.17, 15) is 33.7 Å². The quantitative estimate of drug-likeness (QED) is 0.0765. The Balaban J connectivity index is 0.000000222. The van der Waals surface area contributed by atoms with Crippen molar-refractivity contribution in [3.63, 3.8) is 0 Å². The molecule has 0 aliphatic carbocycles. The van der Waals surface area contributed by atoms with Crippen molar-refractivity contribution in [1.82, 2.24) is 0 Å². The summed E-state index contributed by atoms with van der Waals surface area (Å²) < 4.78 is 124. The first-order chi connectivity index (χ1) is 31.1. The lowest BCUT2D eigenvalue weighted by molar-refractivity contribution is 0.415. The highest BCUT2D eigenvalue weighted by molar-refractivity contribution is 7.93. The van der Waals surface area contributed by atoms with E-state index in [2.05, 4.69) is 18.9 Å². The monoisotopic (exact) mass is 988 g/mol. The lowest BCUT2D eigenvalue weighted by atomic mass is 10.2. The minimum atomic E-state index is -4.03. The van der Waals surface area contributed by atoms with Gasteiger partial charge in [-0.3, -0.25) is 18.9 Å². The number of rotatable bonds is 15. The van der Waals surface area contributed by atoms with E-state index < -0.39 is 40.1 Å². The number of methoxy groups -OCH3 is 1. The summed E-state index contributed by atoms with van der Waals surface area (Å²) in [6.45, 7) is 7.40. The van der Waals surface area contributed by atoms with Crippen LogP contribution in [0, 0.1) is 27.7 Å². The Bertz CT molecular complexity index is 3280. The van der Waals surface area contributed by atoms with E-state index in [1.165, 1.54) is 92.0 Å². The zero-order valence-corrected chi connectivity index (χ0v) is 40.1. The van der Waals surface area contributed by atoms with Crippen LogP contribution in [-0.2, 0) is 40.1 Å². The van der Waals surface area contributed by atoms with Crippen LogP contribution in [0.25, 0.3) is 0 Å². The minimum Gasteiger partial charge on any atom is -0.497 e. The van der Waals surface area contributed by atoms with Crippen LogP contribution in [0.3, 0.4) is 0 Å². The van der Waals surface area contributed by atoms with Crippen LogP contribution < -0.4 is 28.4 Å². The largest absolute Gasteiger partial charge is 0.497 e. The maximum atomic E-state index is 13.1. The Morgan fingerprint density at radius 3 is 0.939 bits per heavy atom. The molecule has 4 N–H and O–H groups in total. The van der Waals surface area contributed by atoms with E-state index in [0.29, 0.717) is 16.5 Å². The smallest absolute Gasteiger partial charge is 0.261 e. The number of benzene rings is 7. The summed E-state index contributed by atoms with van der Waals surface area (Å²) >= 11 is 5.92. The lowest BCUT2D eigenvalue weighted by Crippen LogP contribution is -2.17. The van der Waals surface area contributed by atoms with Gasteiger partial charge in [-0.15, -0.1) is 0 Å². The van der Waals surface area contributed by atoms with Crippen molar-refractivity contribution in [2.45, 2.75) is 47.3 Å². The average molecular weight is 990 g/mol. The van der Waals surface area contributed by atoms with Gasteiger partial charge in [0.2, 0.25) is 0 Å². The van der Waals surface area contributed by atoms with E-state index in [0.717, 1.165) is 22.3 Å². The molecule has 0 radical (unpaired) electrons. The van der Waals surface area contributed by atoms with Crippen molar-refractivity contribution in [1.29, 1.82) is 0 Å². The fraction of sp³-hybridized carbons (Fsp3) is 0.106. The van der Waals surface area contributed by atoms with Crippen molar-refractivity contribution in [2.24, 2.45) is 0 Å². The molecule has 0 saturated carbocycles. The molecule has 0 atom stereocenters. The maximum absolute atomic E-state index is 13.1. The zero-order chi connectivity index (χ0) is 47.9. The van der Waals surface area contributed by atoms with Gasteiger partial charge in [0.15, 0.2) is 0 Å². The molecule has 0 heterocycles. The highest BCUT2D eigenvalue weighted by atomic mass is 35.5. The summed E-state index contributed by atoms with van der Waals surface area (Å²) in [6.07, 6.45) is 0. The summed E-state index contributed by atoms with van der Waals surface area (Å²) in [5, 5.41) is 0.537. The summed E-state index contributed by atoms with van der Waals surface area (Å²) in [7, 11) is -14.5. The molecule has 0 unspecified atom stereocenters. The molecule has 0 aromatic heterocycles. The van der Waals surface area contributed by atoms with Gasteiger partial charge in [0.1, 0.15) is 17.2 Å². The number of hydrogen-bond acceptors (Lipinski definition) is 10. The third-order valence-electron chi connectivity index (χ3n) is 9.57. The molecule has 0 aliphatic heterocycles. The van der Waals surface area contributed by atoms with E-state index in [1.54, 1.807) is 72.8 Å². The molecule has 7 rings (SSSR count). The van der Waals surface area contributed by atoms with E-state index in [4.69, 9.17) is 21.1 Å². The van der Waals surface area contributed by atoms with Crippen LogP contribution >= 0.6 is 11.6 Å². The van der Waals surface area contributed by atoms with E-state index in [1.807, 2.05) is 27.7 Å². The molecule has 7 aromatic rings. The van der Waals surface area contributed by atoms with Crippen molar-refractivity contribution < 1.29 is 43.1 Å². The fourth-order valence-corrected chi connectivity index (χ4v) is 10.3. The Morgan fingerprint density at radius 1 is 0.348 bits per heavy atom.